The van der Waals surface area contributed by atoms with Crippen molar-refractivity contribution in [1.82, 2.24) is 19.9 Å². The molecule has 2 aliphatic heterocycles. The van der Waals surface area contributed by atoms with Crippen LogP contribution in [0, 0.1) is 5.82 Å². The van der Waals surface area contributed by atoms with Gasteiger partial charge in [-0.1, -0.05) is 24.3 Å². The second-order valence-electron chi connectivity index (χ2n) is 9.60. The van der Waals surface area contributed by atoms with Crippen molar-refractivity contribution in [3.63, 3.8) is 0 Å². The summed E-state index contributed by atoms with van der Waals surface area (Å²) in [7, 11) is 3.70. The molecule has 0 spiro atoms. The summed E-state index contributed by atoms with van der Waals surface area (Å²) < 4.78 is 33.5. The van der Waals surface area contributed by atoms with E-state index in [0.717, 1.165) is 30.2 Å². The van der Waals surface area contributed by atoms with Crippen LogP contribution in [0.15, 0.2) is 42.6 Å². The number of halogens is 1. The summed E-state index contributed by atoms with van der Waals surface area (Å²) in [4.78, 5) is 18.2. The van der Waals surface area contributed by atoms with E-state index < -0.39 is 5.82 Å². The normalized spacial score (nSPS) is 18.6. The van der Waals surface area contributed by atoms with Crippen molar-refractivity contribution in [2.24, 2.45) is 0 Å². The minimum absolute atomic E-state index is 0.181. The Hall–Kier alpha value is -3.56. The Morgan fingerprint density at radius 1 is 1.08 bits per heavy atom. The maximum Gasteiger partial charge on any atom is 0.319 e. The van der Waals surface area contributed by atoms with Gasteiger partial charge in [-0.15, -0.1) is 0 Å². The Balaban J connectivity index is 1.48. The van der Waals surface area contributed by atoms with Gasteiger partial charge in [-0.3, -0.25) is 4.98 Å². The highest BCUT2D eigenvalue weighted by atomic mass is 19.1. The topological polar surface area (TPSA) is 72.8 Å². The van der Waals surface area contributed by atoms with E-state index in [1.165, 1.54) is 0 Å². The van der Waals surface area contributed by atoms with Crippen molar-refractivity contribution in [2.75, 3.05) is 58.5 Å². The first-order valence-electron chi connectivity index (χ1n) is 12.7. The number of hydrogen-bond acceptors (Lipinski definition) is 8. The van der Waals surface area contributed by atoms with Crippen molar-refractivity contribution in [1.29, 1.82) is 0 Å². The first-order valence-corrected chi connectivity index (χ1v) is 12.7. The second kappa shape index (κ2) is 10.1. The minimum Gasteiger partial charge on any atom is -0.497 e. The van der Waals surface area contributed by atoms with Gasteiger partial charge in [-0.05, 0) is 49.3 Å². The van der Waals surface area contributed by atoms with Crippen molar-refractivity contribution in [2.45, 2.75) is 18.9 Å². The number of methoxy groups -OCH3 is 1. The molecule has 6 rings (SSSR count). The molecule has 2 aromatic carbocycles. The van der Waals surface area contributed by atoms with Crippen LogP contribution >= 0.6 is 0 Å². The monoisotopic (exact) mass is 503 g/mol. The lowest BCUT2D eigenvalue weighted by Gasteiger charge is -2.29. The van der Waals surface area contributed by atoms with E-state index in [1.807, 2.05) is 36.4 Å². The van der Waals surface area contributed by atoms with Gasteiger partial charge in [-0.25, -0.2) is 4.39 Å². The Morgan fingerprint density at radius 3 is 2.70 bits per heavy atom. The molecular weight excluding hydrogens is 473 g/mol. The van der Waals surface area contributed by atoms with Crippen LogP contribution in [0.4, 0.5) is 10.2 Å². The standard InChI is InChI=1S/C28H30FN5O3/c1-33-9-5-7-19(33)17-37-28-31-26-23(27(32-28)34-10-12-36-13-11-34)16-30-25(24(26)29)22-15-20(35-2)14-18-6-3-4-8-21(18)22/h3-4,6,8,14-16,19H,5,7,9-13,17H2,1-2H3/t19-/m0/s1. The van der Waals surface area contributed by atoms with Crippen LogP contribution in [-0.4, -0.2) is 79.5 Å². The van der Waals surface area contributed by atoms with Crippen LogP contribution in [-0.2, 0) is 4.74 Å². The van der Waals surface area contributed by atoms with Crippen LogP contribution < -0.4 is 14.4 Å². The number of fused-ring (bicyclic) bond motifs is 2. The lowest BCUT2D eigenvalue weighted by molar-refractivity contribution is 0.122. The highest BCUT2D eigenvalue weighted by Crippen LogP contribution is 2.37. The smallest absolute Gasteiger partial charge is 0.319 e. The van der Waals surface area contributed by atoms with Gasteiger partial charge in [0.1, 0.15) is 29.4 Å². The molecule has 2 saturated heterocycles. The molecule has 0 unspecified atom stereocenters. The van der Waals surface area contributed by atoms with E-state index in [-0.39, 0.29) is 17.2 Å². The fourth-order valence-corrected chi connectivity index (χ4v) is 5.25. The molecule has 0 radical (unpaired) electrons. The molecule has 4 aromatic rings. The average molecular weight is 504 g/mol. The molecule has 9 heteroatoms. The van der Waals surface area contributed by atoms with E-state index in [2.05, 4.69) is 26.8 Å². The molecule has 37 heavy (non-hydrogen) atoms. The number of pyridine rings is 1. The number of aromatic nitrogens is 3. The van der Waals surface area contributed by atoms with E-state index in [9.17, 15) is 0 Å². The lowest BCUT2D eigenvalue weighted by atomic mass is 10.00. The number of likely N-dealkylation sites (tertiary alicyclic amines) is 1. The maximum absolute atomic E-state index is 16.3. The number of hydrogen-bond donors (Lipinski definition) is 0. The highest BCUT2D eigenvalue weighted by molar-refractivity contribution is 5.99. The third-order valence-corrected chi connectivity index (χ3v) is 7.36. The van der Waals surface area contributed by atoms with Crippen molar-refractivity contribution < 1.29 is 18.6 Å². The SMILES string of the molecule is COc1cc(-c2ncc3c(N4CCOCC4)nc(OC[C@@H]4CCCN4C)nc3c2F)c2ccccc2c1. The first-order chi connectivity index (χ1) is 18.1. The minimum atomic E-state index is -0.504. The fourth-order valence-electron chi connectivity index (χ4n) is 5.25. The van der Waals surface area contributed by atoms with Crippen LogP contribution in [0.1, 0.15) is 12.8 Å². The second-order valence-corrected chi connectivity index (χ2v) is 9.60. The zero-order valence-electron chi connectivity index (χ0n) is 21.1. The van der Waals surface area contributed by atoms with Gasteiger partial charge in [-0.2, -0.15) is 9.97 Å². The molecule has 1 atom stereocenters. The third kappa shape index (κ3) is 4.53. The fraction of sp³-hybridized carbons (Fsp3) is 0.393. The molecule has 0 saturated carbocycles. The molecule has 4 heterocycles. The summed E-state index contributed by atoms with van der Waals surface area (Å²) in [5, 5.41) is 2.39. The zero-order valence-corrected chi connectivity index (χ0v) is 21.1. The number of nitrogens with zero attached hydrogens (tertiary/aromatic N) is 5. The Labute approximate surface area is 215 Å². The molecule has 8 nitrogen and oxygen atoms in total. The number of rotatable bonds is 6. The number of ether oxygens (including phenoxy) is 3. The summed E-state index contributed by atoms with van der Waals surface area (Å²) in [6.07, 6.45) is 3.87. The van der Waals surface area contributed by atoms with Gasteiger partial charge in [0.05, 0.1) is 25.7 Å². The van der Waals surface area contributed by atoms with Gasteiger partial charge < -0.3 is 24.0 Å². The summed E-state index contributed by atoms with van der Waals surface area (Å²) in [5.74, 6) is 0.753. The van der Waals surface area contributed by atoms with Gasteiger partial charge >= 0.3 is 6.01 Å². The van der Waals surface area contributed by atoms with Gasteiger partial charge in [0.25, 0.3) is 0 Å². The molecule has 192 valence electrons. The molecule has 0 N–H and O–H groups in total. The Bertz CT molecular complexity index is 1440. The van der Waals surface area contributed by atoms with E-state index in [0.29, 0.717) is 61.5 Å². The molecule has 0 bridgehead atoms. The van der Waals surface area contributed by atoms with Crippen molar-refractivity contribution in [3.8, 4) is 23.0 Å². The van der Waals surface area contributed by atoms with E-state index in [4.69, 9.17) is 19.2 Å². The van der Waals surface area contributed by atoms with Gasteiger partial charge in [0.2, 0.25) is 0 Å². The Morgan fingerprint density at radius 2 is 1.92 bits per heavy atom. The average Bonchev–Trinajstić information content (AvgIpc) is 3.36. The molecule has 0 aliphatic carbocycles. The van der Waals surface area contributed by atoms with Crippen LogP contribution in [0.5, 0.6) is 11.8 Å². The van der Waals surface area contributed by atoms with Crippen molar-refractivity contribution in [3.05, 3.63) is 48.4 Å². The van der Waals surface area contributed by atoms with E-state index >= 15 is 4.39 Å². The van der Waals surface area contributed by atoms with Gasteiger partial charge in [0.15, 0.2) is 5.82 Å². The maximum atomic E-state index is 16.3. The first kappa shape index (κ1) is 23.8. The molecule has 0 amide bonds. The van der Waals surface area contributed by atoms with E-state index in [1.54, 1.807) is 13.3 Å². The number of likely N-dealkylation sites (N-methyl/N-ethyl adjacent to an activating group) is 1. The molecule has 2 aromatic heterocycles. The molecule has 2 fully saturated rings. The van der Waals surface area contributed by atoms with Crippen molar-refractivity contribution >= 4 is 27.5 Å². The number of morpholine rings is 1. The lowest BCUT2D eigenvalue weighted by Crippen LogP contribution is -2.37. The number of benzene rings is 2. The van der Waals surface area contributed by atoms with Gasteiger partial charge in [0, 0.05) is 30.9 Å². The quantitative estimate of drug-likeness (QED) is 0.386. The molecule has 2 aliphatic rings. The van der Waals surface area contributed by atoms with Crippen LogP contribution in [0.3, 0.4) is 0 Å². The summed E-state index contributed by atoms with van der Waals surface area (Å²) in [5.41, 5.74) is 1.06. The largest absolute Gasteiger partial charge is 0.497 e. The predicted molar refractivity (Wildman–Crippen MR) is 141 cm³/mol. The summed E-state index contributed by atoms with van der Waals surface area (Å²) in [6, 6.07) is 12.0. The van der Waals surface area contributed by atoms with Crippen LogP contribution in [0.25, 0.3) is 32.9 Å². The summed E-state index contributed by atoms with van der Waals surface area (Å²) >= 11 is 0. The van der Waals surface area contributed by atoms with Crippen LogP contribution in [0.2, 0.25) is 0 Å². The number of anilines is 1. The zero-order chi connectivity index (χ0) is 25.4. The Kier molecular flexibility index (Phi) is 6.48. The summed E-state index contributed by atoms with van der Waals surface area (Å²) in [6.45, 7) is 3.98. The third-order valence-electron chi connectivity index (χ3n) is 7.36. The highest BCUT2D eigenvalue weighted by Gasteiger charge is 2.25. The predicted octanol–water partition coefficient (Wildman–Crippen LogP) is 4.30. The molecular formula is C28H30FN5O3.